The minimum absolute atomic E-state index is 0.0302. The zero-order valence-electron chi connectivity index (χ0n) is 29.6. The molecule has 0 aliphatic rings. The summed E-state index contributed by atoms with van der Waals surface area (Å²) in [5.41, 5.74) is 4.93. The van der Waals surface area contributed by atoms with Gasteiger partial charge in [0.2, 0.25) is 0 Å². The first-order valence-corrected chi connectivity index (χ1v) is 22.9. The molecule has 0 radical (unpaired) electrons. The Bertz CT molecular complexity index is 2700. The maximum Gasteiger partial charge on any atom is 0.397 e. The summed E-state index contributed by atoms with van der Waals surface area (Å²) in [5.74, 6) is -2.42. The van der Waals surface area contributed by atoms with Crippen LogP contribution in [0.15, 0.2) is 88.6 Å². The number of benzene rings is 4. The van der Waals surface area contributed by atoms with Gasteiger partial charge in [0.15, 0.2) is 37.7 Å². The third-order valence-corrected chi connectivity index (χ3v) is 13.3. The van der Waals surface area contributed by atoms with E-state index in [4.69, 9.17) is 29.7 Å². The highest BCUT2D eigenvalue weighted by molar-refractivity contribution is 7.94. The second-order valence-electron chi connectivity index (χ2n) is 11.1. The van der Waals surface area contributed by atoms with Gasteiger partial charge in [0.25, 0.3) is 10.1 Å². The van der Waals surface area contributed by atoms with Crippen molar-refractivity contribution in [2.75, 3.05) is 37.6 Å². The van der Waals surface area contributed by atoms with Crippen molar-refractivity contribution in [3.05, 3.63) is 54.1 Å². The van der Waals surface area contributed by atoms with Gasteiger partial charge in [0, 0.05) is 11.5 Å². The molecule has 0 aromatic heterocycles. The number of hydrogen-bond acceptors (Lipinski definition) is 25. The first-order chi connectivity index (χ1) is 27.6. The van der Waals surface area contributed by atoms with Gasteiger partial charge < -0.3 is 15.6 Å². The van der Waals surface area contributed by atoms with Crippen molar-refractivity contribution in [1.29, 1.82) is 0 Å². The maximum absolute atomic E-state index is 12.9. The van der Waals surface area contributed by atoms with Crippen LogP contribution in [0.3, 0.4) is 0 Å². The largest absolute Gasteiger partial charge is 0.505 e. The van der Waals surface area contributed by atoms with Crippen molar-refractivity contribution < 1.29 is 90.2 Å². The lowest BCUT2D eigenvalue weighted by molar-refractivity contribution is -0.434. The van der Waals surface area contributed by atoms with Crippen LogP contribution in [0.2, 0.25) is 0 Å². The van der Waals surface area contributed by atoms with Crippen LogP contribution in [0.5, 0.6) is 11.5 Å². The molecular formula is C28H29N5O20S6. The molecule has 0 heterocycles. The molecule has 0 fully saturated rings. The van der Waals surface area contributed by atoms with Crippen molar-refractivity contribution in [1.82, 2.24) is 0 Å². The topological polar surface area (TPSA) is 378 Å². The molecule has 7 N–H and O–H groups in total. The Hall–Kier alpha value is -4.16. The van der Waals surface area contributed by atoms with Crippen molar-refractivity contribution in [2.24, 2.45) is 20.5 Å². The molecule has 4 aromatic carbocycles. The minimum Gasteiger partial charge on any atom is -0.505 e. The van der Waals surface area contributed by atoms with Crippen LogP contribution < -0.4 is 10.5 Å². The van der Waals surface area contributed by atoms with E-state index < -0.39 is 96.8 Å². The molecule has 322 valence electrons. The summed E-state index contributed by atoms with van der Waals surface area (Å²) in [5, 5.41) is 50.3. The van der Waals surface area contributed by atoms with Crippen LogP contribution in [0, 0.1) is 6.92 Å². The summed E-state index contributed by atoms with van der Waals surface area (Å²) in [4.78, 5) is -1.61. The fraction of sp³-hybridized carbons (Fsp3) is 0.214. The number of nitrogens with zero attached hydrogens (tertiary/aromatic N) is 4. The van der Waals surface area contributed by atoms with Gasteiger partial charge in [-0.2, -0.15) is 21.9 Å². The number of sulfone groups is 2. The van der Waals surface area contributed by atoms with Crippen LogP contribution in [-0.2, 0) is 67.3 Å². The average Bonchev–Trinajstić information content (AvgIpc) is 3.15. The Morgan fingerprint density at radius 1 is 0.763 bits per heavy atom. The summed E-state index contributed by atoms with van der Waals surface area (Å²) >= 11 is 0.404. The van der Waals surface area contributed by atoms with Crippen LogP contribution in [-0.4, -0.2) is 90.2 Å². The lowest BCUT2D eigenvalue weighted by Gasteiger charge is -2.15. The predicted molar refractivity (Wildman–Crippen MR) is 203 cm³/mol. The average molecular weight is 948 g/mol. The second-order valence-corrected chi connectivity index (χ2v) is 19.0. The van der Waals surface area contributed by atoms with Crippen LogP contribution in [0.4, 0.5) is 28.4 Å². The number of nitrogen functional groups attached to an aromatic ring is 1. The van der Waals surface area contributed by atoms with E-state index in [9.17, 15) is 43.3 Å². The van der Waals surface area contributed by atoms with Gasteiger partial charge >= 0.3 is 10.4 Å². The number of aromatic hydroxyl groups is 1. The van der Waals surface area contributed by atoms with Crippen molar-refractivity contribution in [3.63, 3.8) is 0 Å². The fourth-order valence-corrected chi connectivity index (χ4v) is 9.22. The molecule has 0 aliphatic heterocycles. The fourth-order valence-electron chi connectivity index (χ4n) is 4.87. The van der Waals surface area contributed by atoms with E-state index in [1.165, 1.54) is 37.3 Å². The Balaban J connectivity index is 1.78. The molecule has 31 heteroatoms. The summed E-state index contributed by atoms with van der Waals surface area (Å²) < 4.78 is 140. The summed E-state index contributed by atoms with van der Waals surface area (Å²) in [7, 11) is -17.0. The van der Waals surface area contributed by atoms with Crippen LogP contribution >= 0.6 is 24.4 Å². The van der Waals surface area contributed by atoms with E-state index >= 15 is 0 Å². The molecule has 0 amide bonds. The lowest BCUT2D eigenvalue weighted by atomic mass is 10.0. The first-order valence-electron chi connectivity index (χ1n) is 15.3. The molecule has 0 saturated carbocycles. The molecule has 0 saturated heterocycles. The number of methoxy groups -OCH3 is 1. The molecule has 0 atom stereocenters. The summed E-state index contributed by atoms with van der Waals surface area (Å²) in [6.45, 7) is 0.102. The summed E-state index contributed by atoms with van der Waals surface area (Å²) in [6, 6.07) is 8.90. The SMILES string of the molecule is COc1cc(S(=O)(=O)CCOS(=O)(=O)O)c(C)cc1N=Nc1cc(S(=O)(=O)O)c2cc(SOOO)c(N=Nc3ccc(S(=O)(=O)CCOSOOO)cc3)c(O)c2c1N. The van der Waals surface area contributed by atoms with E-state index in [1.54, 1.807) is 0 Å². The monoisotopic (exact) mass is 947 g/mol. The Morgan fingerprint density at radius 3 is 2.02 bits per heavy atom. The third-order valence-electron chi connectivity index (χ3n) is 7.41. The van der Waals surface area contributed by atoms with E-state index in [0.717, 1.165) is 25.3 Å². The highest BCUT2D eigenvalue weighted by Crippen LogP contribution is 2.50. The normalized spacial score (nSPS) is 12.9. The number of hydrogen-bond donors (Lipinski definition) is 6. The first kappa shape index (κ1) is 47.5. The lowest BCUT2D eigenvalue weighted by Crippen LogP contribution is -2.16. The number of phenols is 1. The number of fused-ring (bicyclic) bond motifs is 1. The van der Waals surface area contributed by atoms with Gasteiger partial charge in [-0.25, -0.2) is 31.5 Å². The molecular weight excluding hydrogens is 919 g/mol. The van der Waals surface area contributed by atoms with Crippen molar-refractivity contribution in [3.8, 4) is 11.5 Å². The van der Waals surface area contributed by atoms with Gasteiger partial charge in [-0.15, -0.1) is 24.0 Å². The van der Waals surface area contributed by atoms with Gasteiger partial charge in [0.1, 0.15) is 27.7 Å². The van der Waals surface area contributed by atoms with Crippen LogP contribution in [0.1, 0.15) is 5.56 Å². The van der Waals surface area contributed by atoms with Gasteiger partial charge in [-0.1, -0.05) is 10.1 Å². The highest BCUT2D eigenvalue weighted by Gasteiger charge is 2.26. The van der Waals surface area contributed by atoms with Crippen LogP contribution in [0.25, 0.3) is 10.8 Å². The molecule has 0 unspecified atom stereocenters. The predicted octanol–water partition coefficient (Wildman–Crippen LogP) is 5.32. The van der Waals surface area contributed by atoms with Gasteiger partial charge in [0.05, 0.1) is 75.3 Å². The Kier molecular flexibility index (Phi) is 16.1. The number of aryl methyl sites for hydroxylation is 1. The van der Waals surface area contributed by atoms with Gasteiger partial charge in [-0.05, 0) is 55.0 Å². The standard InChI is InChI=1S/C28H29N5O20S6/c1-15-11-19(21(47-2)14-23(15)57(39,40)10-8-49-59(44,45)46)31-32-20-13-24(58(41,42)43)18-12-22(54-52-50-35)27(28(34)25(18)26(20)29)33-30-16-3-5-17(6-4-16)56(37,38)9-7-48-55-53-51-36/h3-6,11-14,34-36H,7-10,29H2,1-2H3,(H,41,42,43)(H,44,45,46). The number of rotatable bonds is 21. The molecule has 4 aromatic rings. The molecule has 0 aliphatic carbocycles. The Labute approximate surface area is 342 Å². The number of nitrogens with two attached hydrogens (primary N) is 1. The maximum atomic E-state index is 12.9. The number of ether oxygens (including phenoxy) is 1. The Morgan fingerprint density at radius 2 is 1.41 bits per heavy atom. The number of anilines is 1. The molecule has 0 spiro atoms. The second kappa shape index (κ2) is 19.9. The zero-order chi connectivity index (χ0) is 43.8. The number of azo groups is 2. The highest BCUT2D eigenvalue weighted by atomic mass is 32.3. The summed E-state index contributed by atoms with van der Waals surface area (Å²) in [6.07, 6.45) is 0. The minimum atomic E-state index is -5.15. The quantitative estimate of drug-likeness (QED) is 0.0117. The number of phenolic OH excluding ortho intramolecular Hbond substituents is 1. The van der Waals surface area contributed by atoms with Crippen molar-refractivity contribution in [2.45, 2.75) is 26.5 Å². The van der Waals surface area contributed by atoms with E-state index in [0.29, 0.717) is 0 Å². The smallest absolute Gasteiger partial charge is 0.397 e. The molecule has 4 rings (SSSR count). The van der Waals surface area contributed by atoms with E-state index in [2.05, 4.69) is 43.4 Å². The molecule has 59 heavy (non-hydrogen) atoms. The van der Waals surface area contributed by atoms with E-state index in [-0.39, 0.29) is 68.3 Å². The van der Waals surface area contributed by atoms with Gasteiger partial charge in [-0.3, -0.25) is 13.3 Å². The van der Waals surface area contributed by atoms with E-state index in [1.807, 2.05) is 0 Å². The van der Waals surface area contributed by atoms with Crippen molar-refractivity contribution >= 4 is 104 Å². The third kappa shape index (κ3) is 12.4. The molecule has 25 nitrogen and oxygen atoms in total. The molecule has 0 bridgehead atoms. The zero-order valence-corrected chi connectivity index (χ0v) is 34.5.